The van der Waals surface area contributed by atoms with E-state index in [2.05, 4.69) is 44.4 Å². The predicted octanol–water partition coefficient (Wildman–Crippen LogP) is 4.05. The van der Waals surface area contributed by atoms with Crippen molar-refractivity contribution in [2.24, 2.45) is 23.6 Å². The third kappa shape index (κ3) is 4.21. The quantitative estimate of drug-likeness (QED) is 0.613. The van der Waals surface area contributed by atoms with Gasteiger partial charge >= 0.3 is 0 Å². The monoisotopic (exact) mass is 290 g/mol. The van der Waals surface area contributed by atoms with Crippen molar-refractivity contribution in [1.82, 2.24) is 5.43 Å². The van der Waals surface area contributed by atoms with Crippen LogP contribution in [0.25, 0.3) is 0 Å². The largest absolute Gasteiger partial charge is 0.494 e. The van der Waals surface area contributed by atoms with Crippen LogP contribution in [0.15, 0.2) is 24.3 Å². The lowest BCUT2D eigenvalue weighted by Gasteiger charge is -2.36. The summed E-state index contributed by atoms with van der Waals surface area (Å²) in [4.78, 5) is 0. The van der Waals surface area contributed by atoms with E-state index in [1.54, 1.807) is 0 Å². The van der Waals surface area contributed by atoms with Gasteiger partial charge in [0.2, 0.25) is 0 Å². The predicted molar refractivity (Wildman–Crippen MR) is 88.0 cm³/mol. The minimum Gasteiger partial charge on any atom is -0.494 e. The van der Waals surface area contributed by atoms with Crippen LogP contribution in [0.1, 0.15) is 58.1 Å². The van der Waals surface area contributed by atoms with Gasteiger partial charge in [-0.25, -0.2) is 0 Å². The molecule has 3 nitrogen and oxygen atoms in total. The van der Waals surface area contributed by atoms with Gasteiger partial charge in [0.05, 0.1) is 6.61 Å². The fourth-order valence-corrected chi connectivity index (χ4v) is 3.41. The molecule has 4 unspecified atom stereocenters. The second kappa shape index (κ2) is 7.81. The molecule has 1 aromatic rings. The Hall–Kier alpha value is -1.06. The molecule has 21 heavy (non-hydrogen) atoms. The lowest BCUT2D eigenvalue weighted by atomic mass is 9.72. The van der Waals surface area contributed by atoms with Gasteiger partial charge in [0, 0.05) is 6.04 Å². The summed E-state index contributed by atoms with van der Waals surface area (Å²) < 4.78 is 5.75. The number of hydrogen-bond donors (Lipinski definition) is 2. The summed E-state index contributed by atoms with van der Waals surface area (Å²) in [6.45, 7) is 7.62. The number of hydrogen-bond acceptors (Lipinski definition) is 3. The van der Waals surface area contributed by atoms with Crippen molar-refractivity contribution in [3.05, 3.63) is 29.8 Å². The third-order valence-corrected chi connectivity index (χ3v) is 4.98. The lowest BCUT2D eigenvalue weighted by molar-refractivity contribution is 0.171. The van der Waals surface area contributed by atoms with Gasteiger partial charge in [-0.1, -0.05) is 39.3 Å². The Morgan fingerprint density at radius 1 is 1.29 bits per heavy atom. The van der Waals surface area contributed by atoms with Crippen LogP contribution in [-0.2, 0) is 0 Å². The molecular weight excluding hydrogens is 260 g/mol. The van der Waals surface area contributed by atoms with E-state index >= 15 is 0 Å². The molecule has 1 aliphatic carbocycles. The van der Waals surface area contributed by atoms with Crippen LogP contribution in [0.5, 0.6) is 5.75 Å². The first-order chi connectivity index (χ1) is 10.2. The summed E-state index contributed by atoms with van der Waals surface area (Å²) in [6, 6.07) is 8.62. The maximum atomic E-state index is 5.88. The summed E-state index contributed by atoms with van der Waals surface area (Å²) in [5, 5.41) is 0. The summed E-state index contributed by atoms with van der Waals surface area (Å²) in [5.41, 5.74) is 4.30. The third-order valence-electron chi connectivity index (χ3n) is 4.98. The van der Waals surface area contributed by atoms with Gasteiger partial charge in [-0.15, -0.1) is 0 Å². The highest BCUT2D eigenvalue weighted by Gasteiger charge is 2.30. The van der Waals surface area contributed by atoms with E-state index in [1.807, 2.05) is 6.07 Å². The molecule has 1 saturated carbocycles. The fourth-order valence-electron chi connectivity index (χ4n) is 3.41. The highest BCUT2D eigenvalue weighted by atomic mass is 16.5. The molecule has 4 atom stereocenters. The average molecular weight is 290 g/mol. The first kappa shape index (κ1) is 16.3. The SMILES string of the molecule is CCCOc1cccc(C(NN)C2CCC(C)C(C)C2)c1. The van der Waals surface area contributed by atoms with Gasteiger partial charge in [0.25, 0.3) is 0 Å². The Bertz CT molecular complexity index is 435. The minimum absolute atomic E-state index is 0.227. The van der Waals surface area contributed by atoms with Crippen LogP contribution in [0.4, 0.5) is 0 Å². The lowest BCUT2D eigenvalue weighted by Crippen LogP contribution is -2.36. The number of rotatable bonds is 6. The van der Waals surface area contributed by atoms with E-state index in [1.165, 1.54) is 24.8 Å². The second-order valence-corrected chi connectivity index (χ2v) is 6.59. The van der Waals surface area contributed by atoms with Gasteiger partial charge in [0.1, 0.15) is 5.75 Å². The molecule has 0 heterocycles. The molecule has 1 fully saturated rings. The zero-order chi connectivity index (χ0) is 15.2. The van der Waals surface area contributed by atoms with Crippen LogP contribution in [0.2, 0.25) is 0 Å². The standard InChI is InChI=1S/C18H30N2O/c1-4-10-21-17-7-5-6-15(12-17)18(20-19)16-9-8-13(2)14(3)11-16/h5-7,12-14,16,18,20H,4,8-11,19H2,1-3H3. The van der Waals surface area contributed by atoms with Crippen molar-refractivity contribution < 1.29 is 4.74 Å². The molecule has 0 bridgehead atoms. The fraction of sp³-hybridized carbons (Fsp3) is 0.667. The van der Waals surface area contributed by atoms with E-state index in [4.69, 9.17) is 10.6 Å². The number of nitrogens with one attached hydrogen (secondary N) is 1. The number of ether oxygens (including phenoxy) is 1. The normalized spacial score (nSPS) is 27.3. The number of hydrazine groups is 1. The Balaban J connectivity index is 2.09. The van der Waals surface area contributed by atoms with Crippen molar-refractivity contribution in [2.75, 3.05) is 6.61 Å². The van der Waals surface area contributed by atoms with Gasteiger partial charge in [-0.05, 0) is 54.7 Å². The van der Waals surface area contributed by atoms with Crippen LogP contribution < -0.4 is 16.0 Å². The van der Waals surface area contributed by atoms with Crippen LogP contribution in [0.3, 0.4) is 0 Å². The van der Waals surface area contributed by atoms with Gasteiger partial charge in [-0.2, -0.15) is 0 Å². The average Bonchev–Trinajstić information content (AvgIpc) is 2.50. The molecule has 0 aliphatic heterocycles. The molecule has 0 saturated heterocycles. The second-order valence-electron chi connectivity index (χ2n) is 6.59. The summed E-state index contributed by atoms with van der Waals surface area (Å²) in [6.07, 6.45) is 4.83. The van der Waals surface area contributed by atoms with Crippen molar-refractivity contribution in [3.63, 3.8) is 0 Å². The highest BCUT2D eigenvalue weighted by Crippen LogP contribution is 2.40. The molecule has 3 heteroatoms. The molecule has 118 valence electrons. The van der Waals surface area contributed by atoms with Crippen LogP contribution >= 0.6 is 0 Å². The molecule has 1 aliphatic rings. The molecule has 2 rings (SSSR count). The molecule has 1 aromatic carbocycles. The summed E-state index contributed by atoms with van der Waals surface area (Å²) in [7, 11) is 0. The van der Waals surface area contributed by atoms with E-state index in [0.29, 0.717) is 5.92 Å². The van der Waals surface area contributed by atoms with Gasteiger partial charge in [0.15, 0.2) is 0 Å². The van der Waals surface area contributed by atoms with Crippen molar-refractivity contribution in [3.8, 4) is 5.75 Å². The van der Waals surface area contributed by atoms with Crippen molar-refractivity contribution in [2.45, 2.75) is 52.5 Å². The Morgan fingerprint density at radius 3 is 2.76 bits per heavy atom. The Morgan fingerprint density at radius 2 is 2.10 bits per heavy atom. The van der Waals surface area contributed by atoms with Crippen molar-refractivity contribution >= 4 is 0 Å². The molecule has 3 N–H and O–H groups in total. The molecular formula is C18H30N2O. The zero-order valence-corrected chi connectivity index (χ0v) is 13.6. The van der Waals surface area contributed by atoms with E-state index < -0.39 is 0 Å². The number of nitrogens with two attached hydrogens (primary N) is 1. The maximum Gasteiger partial charge on any atom is 0.119 e. The molecule has 0 spiro atoms. The van der Waals surface area contributed by atoms with Crippen LogP contribution in [0, 0.1) is 17.8 Å². The minimum atomic E-state index is 0.227. The van der Waals surface area contributed by atoms with Crippen molar-refractivity contribution in [1.29, 1.82) is 0 Å². The Labute approximate surface area is 129 Å². The topological polar surface area (TPSA) is 47.3 Å². The summed E-state index contributed by atoms with van der Waals surface area (Å²) in [5.74, 6) is 9.05. The van der Waals surface area contributed by atoms with E-state index in [-0.39, 0.29) is 6.04 Å². The van der Waals surface area contributed by atoms with Gasteiger partial charge < -0.3 is 4.74 Å². The number of benzene rings is 1. The Kier molecular flexibility index (Phi) is 6.07. The van der Waals surface area contributed by atoms with Gasteiger partial charge in [-0.3, -0.25) is 11.3 Å². The zero-order valence-electron chi connectivity index (χ0n) is 13.6. The molecule has 0 aromatic heterocycles. The first-order valence-corrected chi connectivity index (χ1v) is 8.34. The highest BCUT2D eigenvalue weighted by molar-refractivity contribution is 5.31. The maximum absolute atomic E-state index is 5.88. The van der Waals surface area contributed by atoms with Crippen LogP contribution in [-0.4, -0.2) is 6.61 Å². The van der Waals surface area contributed by atoms with E-state index in [9.17, 15) is 0 Å². The first-order valence-electron chi connectivity index (χ1n) is 8.34. The summed E-state index contributed by atoms with van der Waals surface area (Å²) >= 11 is 0. The van der Waals surface area contributed by atoms with E-state index in [0.717, 1.165) is 30.6 Å². The molecule has 0 amide bonds. The molecule has 0 radical (unpaired) electrons. The smallest absolute Gasteiger partial charge is 0.119 e.